The quantitative estimate of drug-likeness (QED) is 0.645. The third-order valence-corrected chi connectivity index (χ3v) is 2.72. The molecule has 0 spiro atoms. The van der Waals surface area contributed by atoms with Crippen molar-refractivity contribution < 1.29 is 0 Å². The Hall–Kier alpha value is -0.0800. The predicted molar refractivity (Wildman–Crippen MR) is 48.5 cm³/mol. The van der Waals surface area contributed by atoms with Crippen LogP contribution < -0.4 is 5.73 Å². The highest BCUT2D eigenvalue weighted by Gasteiger charge is 2.40. The van der Waals surface area contributed by atoms with Gasteiger partial charge in [0.2, 0.25) is 0 Å². The van der Waals surface area contributed by atoms with Gasteiger partial charge in [-0.25, -0.2) is 0 Å². The summed E-state index contributed by atoms with van der Waals surface area (Å²) in [6.45, 7) is 2.09. The molecule has 2 heteroatoms. The molecule has 2 nitrogen and oxygen atoms in total. The summed E-state index contributed by atoms with van der Waals surface area (Å²) in [5.41, 5.74) is 6.21. The first kappa shape index (κ1) is 9.01. The maximum Gasteiger partial charge on any atom is -0.00195 e. The molecule has 0 radical (unpaired) electrons. The maximum atomic E-state index is 5.55. The molecule has 0 aromatic carbocycles. The molecule has 0 unspecified atom stereocenters. The molecule has 1 saturated carbocycles. The summed E-state index contributed by atoms with van der Waals surface area (Å²) in [6, 6.07) is 0. The first-order chi connectivity index (χ1) is 5.18. The van der Waals surface area contributed by atoms with Crippen molar-refractivity contribution in [3.05, 3.63) is 0 Å². The Kier molecular flexibility index (Phi) is 2.90. The third kappa shape index (κ3) is 2.80. The standard InChI is InChI=1S/C9H20N2/c1-11(2)8-6-9(3-4-9)5-7-10/h3-8,10H2,1-2H3. The van der Waals surface area contributed by atoms with Crippen LogP contribution in [0.15, 0.2) is 0 Å². The van der Waals surface area contributed by atoms with Crippen molar-refractivity contribution >= 4 is 0 Å². The van der Waals surface area contributed by atoms with Crippen LogP contribution >= 0.6 is 0 Å². The fourth-order valence-electron chi connectivity index (χ4n) is 1.57. The van der Waals surface area contributed by atoms with Gasteiger partial charge >= 0.3 is 0 Å². The number of hydrogen-bond donors (Lipinski definition) is 1. The van der Waals surface area contributed by atoms with E-state index in [2.05, 4.69) is 19.0 Å². The Morgan fingerprint density at radius 1 is 1.27 bits per heavy atom. The lowest BCUT2D eigenvalue weighted by atomic mass is 9.98. The highest BCUT2D eigenvalue weighted by molar-refractivity contribution is 4.93. The van der Waals surface area contributed by atoms with E-state index in [4.69, 9.17) is 5.73 Å². The van der Waals surface area contributed by atoms with Crippen molar-refractivity contribution in [1.82, 2.24) is 4.90 Å². The smallest absolute Gasteiger partial charge is 0.00195 e. The Balaban J connectivity index is 2.14. The summed E-state index contributed by atoms with van der Waals surface area (Å²) in [5, 5.41) is 0. The van der Waals surface area contributed by atoms with Gasteiger partial charge in [0.25, 0.3) is 0 Å². The van der Waals surface area contributed by atoms with E-state index >= 15 is 0 Å². The van der Waals surface area contributed by atoms with E-state index in [1.165, 1.54) is 32.2 Å². The van der Waals surface area contributed by atoms with Crippen molar-refractivity contribution in [2.45, 2.75) is 25.7 Å². The minimum Gasteiger partial charge on any atom is -0.330 e. The maximum absolute atomic E-state index is 5.55. The first-order valence-electron chi connectivity index (χ1n) is 4.53. The van der Waals surface area contributed by atoms with Gasteiger partial charge in [0.1, 0.15) is 0 Å². The molecule has 1 aliphatic carbocycles. The molecular formula is C9H20N2. The summed E-state index contributed by atoms with van der Waals surface area (Å²) in [4.78, 5) is 2.26. The van der Waals surface area contributed by atoms with Crippen LogP contribution in [0, 0.1) is 5.41 Å². The molecule has 11 heavy (non-hydrogen) atoms. The molecule has 0 saturated heterocycles. The Bertz CT molecular complexity index is 117. The molecule has 0 aromatic heterocycles. The van der Waals surface area contributed by atoms with Crippen LogP contribution in [0.25, 0.3) is 0 Å². The lowest BCUT2D eigenvalue weighted by Gasteiger charge is -2.16. The molecule has 1 fully saturated rings. The molecule has 1 aliphatic rings. The van der Waals surface area contributed by atoms with E-state index in [-0.39, 0.29) is 0 Å². The van der Waals surface area contributed by atoms with Gasteiger partial charge in [-0.1, -0.05) is 0 Å². The van der Waals surface area contributed by atoms with E-state index in [0.717, 1.165) is 6.54 Å². The highest BCUT2D eigenvalue weighted by atomic mass is 15.0. The van der Waals surface area contributed by atoms with Gasteiger partial charge in [0.15, 0.2) is 0 Å². The third-order valence-electron chi connectivity index (χ3n) is 2.72. The molecule has 1 rings (SSSR count). The van der Waals surface area contributed by atoms with Crippen LogP contribution in [0.1, 0.15) is 25.7 Å². The van der Waals surface area contributed by atoms with Crippen LogP contribution in [0.4, 0.5) is 0 Å². The predicted octanol–water partition coefficient (Wildman–Crippen LogP) is 1.07. The van der Waals surface area contributed by atoms with Crippen molar-refractivity contribution in [3.8, 4) is 0 Å². The zero-order valence-corrected chi connectivity index (χ0v) is 7.77. The fraction of sp³-hybridized carbons (Fsp3) is 1.00. The lowest BCUT2D eigenvalue weighted by Crippen LogP contribution is -2.19. The van der Waals surface area contributed by atoms with Crippen LogP contribution in [0.3, 0.4) is 0 Å². The molecule has 2 N–H and O–H groups in total. The molecule has 0 aliphatic heterocycles. The topological polar surface area (TPSA) is 29.3 Å². The van der Waals surface area contributed by atoms with Crippen molar-refractivity contribution in [1.29, 1.82) is 0 Å². The molecule has 66 valence electrons. The molecule has 0 atom stereocenters. The van der Waals surface area contributed by atoms with Crippen molar-refractivity contribution in [2.75, 3.05) is 27.2 Å². The van der Waals surface area contributed by atoms with Crippen LogP contribution in [0.2, 0.25) is 0 Å². The Morgan fingerprint density at radius 2 is 1.91 bits per heavy atom. The first-order valence-corrected chi connectivity index (χ1v) is 4.53. The normalized spacial score (nSPS) is 20.7. The summed E-state index contributed by atoms with van der Waals surface area (Å²) in [5.74, 6) is 0. The highest BCUT2D eigenvalue weighted by Crippen LogP contribution is 2.51. The Labute approximate surface area is 69.8 Å². The molecule has 0 aromatic rings. The van der Waals surface area contributed by atoms with Gasteiger partial charge in [-0.15, -0.1) is 0 Å². The summed E-state index contributed by atoms with van der Waals surface area (Å²) >= 11 is 0. The molecule has 0 bridgehead atoms. The van der Waals surface area contributed by atoms with E-state index < -0.39 is 0 Å². The number of nitrogens with zero attached hydrogens (tertiary/aromatic N) is 1. The number of rotatable bonds is 5. The van der Waals surface area contributed by atoms with E-state index in [1.807, 2.05) is 0 Å². The monoisotopic (exact) mass is 156 g/mol. The summed E-state index contributed by atoms with van der Waals surface area (Å²) < 4.78 is 0. The summed E-state index contributed by atoms with van der Waals surface area (Å²) in [7, 11) is 4.27. The lowest BCUT2D eigenvalue weighted by molar-refractivity contribution is 0.328. The zero-order valence-electron chi connectivity index (χ0n) is 7.77. The van der Waals surface area contributed by atoms with Gasteiger partial charge in [-0.2, -0.15) is 0 Å². The minimum atomic E-state index is 0.666. The average Bonchev–Trinajstić information content (AvgIpc) is 2.67. The van der Waals surface area contributed by atoms with Crippen molar-refractivity contribution in [3.63, 3.8) is 0 Å². The SMILES string of the molecule is CN(C)CCC1(CCN)CC1. The second kappa shape index (κ2) is 3.55. The van der Waals surface area contributed by atoms with Gasteiger partial charge in [-0.05, 0) is 58.3 Å². The summed E-state index contributed by atoms with van der Waals surface area (Å²) in [6.07, 6.45) is 5.41. The fourth-order valence-corrected chi connectivity index (χ4v) is 1.57. The Morgan fingerprint density at radius 3 is 2.27 bits per heavy atom. The number of hydrogen-bond acceptors (Lipinski definition) is 2. The van der Waals surface area contributed by atoms with Gasteiger partial charge < -0.3 is 10.6 Å². The second-order valence-electron chi connectivity index (χ2n) is 4.09. The van der Waals surface area contributed by atoms with Crippen LogP contribution in [-0.2, 0) is 0 Å². The van der Waals surface area contributed by atoms with Crippen LogP contribution in [0.5, 0.6) is 0 Å². The van der Waals surface area contributed by atoms with E-state index in [0.29, 0.717) is 5.41 Å². The molecule has 0 heterocycles. The van der Waals surface area contributed by atoms with Crippen LogP contribution in [-0.4, -0.2) is 32.1 Å². The van der Waals surface area contributed by atoms with Gasteiger partial charge in [0, 0.05) is 0 Å². The minimum absolute atomic E-state index is 0.666. The molecule has 0 amide bonds. The van der Waals surface area contributed by atoms with Crippen molar-refractivity contribution in [2.24, 2.45) is 11.1 Å². The van der Waals surface area contributed by atoms with E-state index in [1.54, 1.807) is 0 Å². The molecular weight excluding hydrogens is 136 g/mol. The van der Waals surface area contributed by atoms with Gasteiger partial charge in [-0.3, -0.25) is 0 Å². The zero-order chi connectivity index (χ0) is 8.32. The largest absolute Gasteiger partial charge is 0.330 e. The van der Waals surface area contributed by atoms with E-state index in [9.17, 15) is 0 Å². The number of nitrogens with two attached hydrogens (primary N) is 1. The second-order valence-corrected chi connectivity index (χ2v) is 4.09. The average molecular weight is 156 g/mol. The van der Waals surface area contributed by atoms with Gasteiger partial charge in [0.05, 0.1) is 0 Å².